The third kappa shape index (κ3) is 8.60. The number of nitrogens with zero attached hydrogens (tertiary/aromatic N) is 1. The molecule has 3 N–H and O–H groups in total. The van der Waals surface area contributed by atoms with Crippen molar-refractivity contribution in [1.82, 2.24) is 10.3 Å². The summed E-state index contributed by atoms with van der Waals surface area (Å²) in [5.74, 6) is -0.510. The number of rotatable bonds is 9. The van der Waals surface area contributed by atoms with Gasteiger partial charge in [0.05, 0.1) is 26.0 Å². The van der Waals surface area contributed by atoms with E-state index in [9.17, 15) is 23.1 Å². The van der Waals surface area contributed by atoms with E-state index >= 15 is 0 Å². The summed E-state index contributed by atoms with van der Waals surface area (Å²) < 4.78 is 52.4. The van der Waals surface area contributed by atoms with Crippen molar-refractivity contribution in [2.75, 3.05) is 26.9 Å². The second-order valence-electron chi connectivity index (χ2n) is 7.94. The van der Waals surface area contributed by atoms with Gasteiger partial charge in [-0.3, -0.25) is 9.78 Å². The second kappa shape index (κ2) is 15.4. The van der Waals surface area contributed by atoms with E-state index < -0.39 is 29.9 Å². The number of nitrogens with one attached hydrogen (secondary N) is 1. The number of hydrogen-bond acceptors (Lipinski definition) is 6. The smallest absolute Gasteiger partial charge is 0.424 e. The monoisotopic (exact) mass is 530 g/mol. The summed E-state index contributed by atoms with van der Waals surface area (Å²) in [4.78, 5) is 16.6. The molecule has 0 aliphatic heterocycles. The molecule has 0 fully saturated rings. The zero-order valence-electron chi connectivity index (χ0n) is 23.2. The minimum absolute atomic E-state index is 0.00184. The SMILES string of the molecule is CC.CC.COc1cc(C(=O)NCC(O)(c2cc(C(C)C)c(C)c(C)n2)C(F)(F)F)ccc1OCCO. The van der Waals surface area contributed by atoms with Crippen molar-refractivity contribution in [3.8, 4) is 11.5 Å². The normalized spacial score (nSPS) is 12.4. The Morgan fingerprint density at radius 2 is 1.68 bits per heavy atom. The maximum absolute atomic E-state index is 14.0. The Bertz CT molecular complexity index is 997. The van der Waals surface area contributed by atoms with Gasteiger partial charge in [-0.1, -0.05) is 41.5 Å². The van der Waals surface area contributed by atoms with Crippen molar-refractivity contribution in [3.63, 3.8) is 0 Å². The van der Waals surface area contributed by atoms with Crippen LogP contribution < -0.4 is 14.8 Å². The molecular formula is C27H41F3N2O5. The van der Waals surface area contributed by atoms with Gasteiger partial charge < -0.3 is 25.0 Å². The van der Waals surface area contributed by atoms with Gasteiger partial charge in [0.2, 0.25) is 5.60 Å². The third-order valence-electron chi connectivity index (χ3n) is 5.35. The molecule has 1 unspecified atom stereocenters. The zero-order valence-corrected chi connectivity index (χ0v) is 23.2. The molecule has 210 valence electrons. The van der Waals surface area contributed by atoms with Crippen molar-refractivity contribution in [2.24, 2.45) is 0 Å². The number of carbonyl (C=O) groups excluding carboxylic acids is 1. The van der Waals surface area contributed by atoms with E-state index in [2.05, 4.69) is 10.3 Å². The van der Waals surface area contributed by atoms with E-state index in [4.69, 9.17) is 14.6 Å². The molecule has 0 spiro atoms. The second-order valence-corrected chi connectivity index (χ2v) is 7.94. The standard InChI is InChI=1S/C23H29F3N2O5.2C2H6/c1-13(2)17-11-20(28-15(4)14(17)3)22(31,23(24,25)26)12-27-21(30)16-6-7-18(33-9-8-29)19(10-16)32-5;2*1-2/h6-7,10-11,13,29,31H,8-9,12H2,1-5H3,(H,27,30);2*1-2H3. The number of carbonyl (C=O) groups is 1. The van der Waals surface area contributed by atoms with Gasteiger partial charge in [0, 0.05) is 11.3 Å². The molecule has 7 nitrogen and oxygen atoms in total. The van der Waals surface area contributed by atoms with Crippen LogP contribution in [-0.2, 0) is 5.60 Å². The summed E-state index contributed by atoms with van der Waals surface area (Å²) in [6, 6.07) is 5.27. The van der Waals surface area contributed by atoms with E-state index in [1.54, 1.807) is 13.8 Å². The van der Waals surface area contributed by atoms with Crippen LogP contribution in [-0.4, -0.2) is 54.1 Å². The van der Waals surface area contributed by atoms with Crippen LogP contribution in [0.2, 0.25) is 0 Å². The average molecular weight is 531 g/mol. The number of aromatic nitrogens is 1. The number of alkyl halides is 3. The first kappa shape index (κ1) is 34.1. The highest BCUT2D eigenvalue weighted by molar-refractivity contribution is 5.95. The molecule has 1 aromatic carbocycles. The van der Waals surface area contributed by atoms with Crippen LogP contribution >= 0.6 is 0 Å². The summed E-state index contributed by atoms with van der Waals surface area (Å²) in [7, 11) is 1.34. The largest absolute Gasteiger partial charge is 0.493 e. The van der Waals surface area contributed by atoms with Gasteiger partial charge in [-0.25, -0.2) is 0 Å². The molecule has 0 bridgehead atoms. The first-order valence-electron chi connectivity index (χ1n) is 12.3. The molecular weight excluding hydrogens is 489 g/mol. The Hall–Kier alpha value is -2.85. The van der Waals surface area contributed by atoms with Gasteiger partial charge in [-0.15, -0.1) is 0 Å². The summed E-state index contributed by atoms with van der Waals surface area (Å²) in [6.45, 7) is 13.6. The lowest BCUT2D eigenvalue weighted by atomic mass is 9.90. The Morgan fingerprint density at radius 3 is 2.16 bits per heavy atom. The summed E-state index contributed by atoms with van der Waals surface area (Å²) in [5, 5.41) is 21.7. The summed E-state index contributed by atoms with van der Waals surface area (Å²) >= 11 is 0. The Kier molecular flexibility index (Phi) is 14.2. The lowest BCUT2D eigenvalue weighted by molar-refractivity contribution is -0.265. The number of amides is 1. The maximum atomic E-state index is 14.0. The van der Waals surface area contributed by atoms with E-state index in [1.165, 1.54) is 31.4 Å². The molecule has 1 aromatic heterocycles. The fraction of sp³-hybridized carbons (Fsp3) is 0.556. The van der Waals surface area contributed by atoms with Gasteiger partial charge in [0.25, 0.3) is 5.91 Å². The number of ether oxygens (including phenoxy) is 2. The quantitative estimate of drug-likeness (QED) is 0.400. The highest BCUT2D eigenvalue weighted by atomic mass is 19.4. The number of aliphatic hydroxyl groups is 2. The predicted octanol–water partition coefficient (Wildman–Crippen LogP) is 5.43. The van der Waals surface area contributed by atoms with Crippen LogP contribution in [0.25, 0.3) is 0 Å². The first-order chi connectivity index (χ1) is 17.4. The Balaban J connectivity index is 0.00000308. The molecule has 1 atom stereocenters. The Morgan fingerprint density at radius 1 is 1.08 bits per heavy atom. The van der Waals surface area contributed by atoms with Gasteiger partial charge in [0.1, 0.15) is 6.61 Å². The lowest BCUT2D eigenvalue weighted by Crippen LogP contribution is -2.51. The highest BCUT2D eigenvalue weighted by Gasteiger charge is 2.56. The molecule has 0 aliphatic carbocycles. The van der Waals surface area contributed by atoms with Crippen LogP contribution in [0, 0.1) is 13.8 Å². The fourth-order valence-electron chi connectivity index (χ4n) is 3.30. The third-order valence-corrected chi connectivity index (χ3v) is 5.35. The minimum Gasteiger partial charge on any atom is -0.493 e. The molecule has 1 heterocycles. The van der Waals surface area contributed by atoms with E-state index in [-0.39, 0.29) is 36.2 Å². The molecule has 0 saturated heterocycles. The first-order valence-corrected chi connectivity index (χ1v) is 12.3. The van der Waals surface area contributed by atoms with Crippen LogP contribution in [0.1, 0.15) is 80.3 Å². The minimum atomic E-state index is -5.09. The summed E-state index contributed by atoms with van der Waals surface area (Å²) in [6.07, 6.45) is -5.09. The zero-order chi connectivity index (χ0) is 29.0. The Labute approximate surface area is 218 Å². The molecule has 10 heteroatoms. The lowest BCUT2D eigenvalue weighted by Gasteiger charge is -2.31. The molecule has 0 saturated carbocycles. The van der Waals surface area contributed by atoms with E-state index in [0.717, 1.165) is 5.56 Å². The van der Waals surface area contributed by atoms with Gasteiger partial charge in [-0.05, 0) is 55.2 Å². The van der Waals surface area contributed by atoms with Crippen molar-refractivity contribution in [2.45, 2.75) is 73.1 Å². The van der Waals surface area contributed by atoms with Crippen LogP contribution in [0.15, 0.2) is 24.3 Å². The number of benzene rings is 1. The van der Waals surface area contributed by atoms with Crippen molar-refractivity contribution >= 4 is 5.91 Å². The number of aryl methyl sites for hydroxylation is 1. The van der Waals surface area contributed by atoms with E-state index in [1.807, 2.05) is 41.5 Å². The number of aliphatic hydroxyl groups excluding tert-OH is 1. The summed E-state index contributed by atoms with van der Waals surface area (Å²) in [5.41, 5.74) is -2.21. The molecule has 0 radical (unpaired) electrons. The maximum Gasteiger partial charge on any atom is 0.424 e. The number of halogens is 3. The number of methoxy groups -OCH3 is 1. The number of hydrogen-bond donors (Lipinski definition) is 3. The molecule has 37 heavy (non-hydrogen) atoms. The predicted molar refractivity (Wildman–Crippen MR) is 138 cm³/mol. The van der Waals surface area contributed by atoms with Crippen molar-refractivity contribution < 1.29 is 37.7 Å². The number of pyridine rings is 1. The molecule has 2 aromatic rings. The van der Waals surface area contributed by atoms with Gasteiger partial charge in [0.15, 0.2) is 11.5 Å². The van der Waals surface area contributed by atoms with Gasteiger partial charge >= 0.3 is 6.18 Å². The molecule has 2 rings (SSSR count). The highest BCUT2D eigenvalue weighted by Crippen LogP contribution is 2.39. The fourth-order valence-corrected chi connectivity index (χ4v) is 3.30. The van der Waals surface area contributed by atoms with E-state index in [0.29, 0.717) is 11.3 Å². The van der Waals surface area contributed by atoms with Crippen LogP contribution in [0.5, 0.6) is 11.5 Å². The van der Waals surface area contributed by atoms with Crippen LogP contribution in [0.4, 0.5) is 13.2 Å². The average Bonchev–Trinajstić information content (AvgIpc) is 2.88. The van der Waals surface area contributed by atoms with Crippen molar-refractivity contribution in [3.05, 3.63) is 52.3 Å². The van der Waals surface area contributed by atoms with Crippen molar-refractivity contribution in [1.29, 1.82) is 0 Å². The molecule has 0 aliphatic rings. The van der Waals surface area contributed by atoms with Crippen LogP contribution in [0.3, 0.4) is 0 Å². The van der Waals surface area contributed by atoms with Gasteiger partial charge in [-0.2, -0.15) is 13.2 Å². The topological polar surface area (TPSA) is 101 Å². The molecule has 1 amide bonds.